The molecule has 2 aliphatic rings. The van der Waals surface area contributed by atoms with Gasteiger partial charge in [-0.3, -0.25) is 4.79 Å². The molecule has 0 unspecified atom stereocenters. The fraction of sp³-hybridized carbons (Fsp3) is 0.522. The minimum atomic E-state index is -3.33. The summed E-state index contributed by atoms with van der Waals surface area (Å²) in [5.41, 5.74) is -0.797. The van der Waals surface area contributed by atoms with Crippen molar-refractivity contribution < 1.29 is 31.8 Å². The number of benzene rings is 1. The Bertz CT molecular complexity index is 1070. The number of ether oxygens (including phenoxy) is 2. The summed E-state index contributed by atoms with van der Waals surface area (Å²) in [7, 11) is 0. The first-order valence-electron chi connectivity index (χ1n) is 11.0. The van der Waals surface area contributed by atoms with Gasteiger partial charge in [0.2, 0.25) is 5.91 Å². The highest BCUT2D eigenvalue weighted by Crippen LogP contribution is 2.36. The maximum Gasteiger partial charge on any atom is 0.273 e. The zero-order chi connectivity index (χ0) is 24.5. The van der Waals surface area contributed by atoms with Gasteiger partial charge in [0.1, 0.15) is 24.1 Å². The SMILES string of the molecule is Cc1nc(CC(=O)NC2(CF)CC2)c(C2OCCO2)c(NCc2cccc(C(C)(F)F)c2F)n1. The maximum absolute atomic E-state index is 14.7. The van der Waals surface area contributed by atoms with Crippen molar-refractivity contribution in [3.63, 3.8) is 0 Å². The Morgan fingerprint density at radius 1 is 1.24 bits per heavy atom. The molecule has 11 heteroatoms. The van der Waals surface area contributed by atoms with E-state index in [4.69, 9.17) is 9.47 Å². The van der Waals surface area contributed by atoms with Gasteiger partial charge in [-0.15, -0.1) is 0 Å². The van der Waals surface area contributed by atoms with Gasteiger partial charge in [0.05, 0.1) is 42.0 Å². The van der Waals surface area contributed by atoms with Crippen LogP contribution in [0.15, 0.2) is 18.2 Å². The lowest BCUT2D eigenvalue weighted by Crippen LogP contribution is -2.39. The molecule has 184 valence electrons. The zero-order valence-corrected chi connectivity index (χ0v) is 18.9. The van der Waals surface area contributed by atoms with E-state index < -0.39 is 41.7 Å². The van der Waals surface area contributed by atoms with Gasteiger partial charge in [-0.1, -0.05) is 18.2 Å². The van der Waals surface area contributed by atoms with Gasteiger partial charge in [-0.25, -0.2) is 27.5 Å². The second-order valence-corrected chi connectivity index (χ2v) is 8.71. The monoisotopic (exact) mass is 482 g/mol. The number of aryl methyl sites for hydroxylation is 1. The number of alkyl halides is 3. The highest BCUT2D eigenvalue weighted by Gasteiger charge is 2.44. The summed E-state index contributed by atoms with van der Waals surface area (Å²) in [4.78, 5) is 21.3. The molecule has 2 heterocycles. The van der Waals surface area contributed by atoms with Crippen LogP contribution in [0, 0.1) is 12.7 Å². The van der Waals surface area contributed by atoms with Crippen molar-refractivity contribution in [3.8, 4) is 0 Å². The third-order valence-corrected chi connectivity index (χ3v) is 5.83. The van der Waals surface area contributed by atoms with Gasteiger partial charge >= 0.3 is 0 Å². The topological polar surface area (TPSA) is 85.4 Å². The molecule has 1 amide bonds. The number of nitrogens with zero attached hydrogens (tertiary/aromatic N) is 2. The average molecular weight is 482 g/mol. The largest absolute Gasteiger partial charge is 0.365 e. The first-order valence-corrected chi connectivity index (χ1v) is 11.0. The smallest absolute Gasteiger partial charge is 0.273 e. The van der Waals surface area contributed by atoms with Crippen molar-refractivity contribution in [2.75, 3.05) is 25.2 Å². The number of amides is 1. The Morgan fingerprint density at radius 3 is 2.56 bits per heavy atom. The minimum absolute atomic E-state index is 0.0208. The van der Waals surface area contributed by atoms with Crippen molar-refractivity contribution in [2.45, 2.75) is 57.4 Å². The number of hydrogen-bond acceptors (Lipinski definition) is 6. The minimum Gasteiger partial charge on any atom is -0.365 e. The van der Waals surface area contributed by atoms with Gasteiger partial charge in [0, 0.05) is 19.0 Å². The van der Waals surface area contributed by atoms with E-state index in [0.717, 1.165) is 6.07 Å². The van der Waals surface area contributed by atoms with Crippen LogP contribution < -0.4 is 10.6 Å². The molecule has 4 rings (SSSR count). The van der Waals surface area contributed by atoms with E-state index in [1.807, 2.05) is 0 Å². The lowest BCUT2D eigenvalue weighted by molar-refractivity contribution is -0.121. The fourth-order valence-electron chi connectivity index (χ4n) is 3.85. The molecule has 2 fully saturated rings. The lowest BCUT2D eigenvalue weighted by Gasteiger charge is -2.20. The normalized spacial score (nSPS) is 17.6. The van der Waals surface area contributed by atoms with Crippen LogP contribution >= 0.6 is 0 Å². The molecule has 2 N–H and O–H groups in total. The highest BCUT2D eigenvalue weighted by atomic mass is 19.3. The van der Waals surface area contributed by atoms with Crippen LogP contribution in [0.2, 0.25) is 0 Å². The van der Waals surface area contributed by atoms with E-state index in [1.54, 1.807) is 6.92 Å². The Hall–Kier alpha value is -2.79. The predicted molar refractivity (Wildman–Crippen MR) is 114 cm³/mol. The molecule has 2 aromatic rings. The van der Waals surface area contributed by atoms with Crippen molar-refractivity contribution in [1.29, 1.82) is 0 Å². The molecule has 1 aromatic carbocycles. The quantitative estimate of drug-likeness (QED) is 0.528. The third kappa shape index (κ3) is 5.30. The van der Waals surface area contributed by atoms with E-state index in [2.05, 4.69) is 20.6 Å². The zero-order valence-electron chi connectivity index (χ0n) is 18.9. The molecular weight excluding hydrogens is 456 g/mol. The molecule has 1 aliphatic carbocycles. The summed E-state index contributed by atoms with van der Waals surface area (Å²) in [6.45, 7) is 2.10. The van der Waals surface area contributed by atoms with Gasteiger partial charge in [-0.05, 0) is 19.8 Å². The number of hydrogen-bond donors (Lipinski definition) is 2. The second kappa shape index (κ2) is 9.46. The van der Waals surface area contributed by atoms with E-state index >= 15 is 0 Å². The third-order valence-electron chi connectivity index (χ3n) is 5.83. The van der Waals surface area contributed by atoms with E-state index in [0.29, 0.717) is 50.1 Å². The van der Waals surface area contributed by atoms with Gasteiger partial charge < -0.3 is 20.1 Å². The summed E-state index contributed by atoms with van der Waals surface area (Å²) in [6, 6.07) is 3.80. The Balaban J connectivity index is 1.61. The van der Waals surface area contributed by atoms with Crippen LogP contribution in [-0.4, -0.2) is 41.3 Å². The van der Waals surface area contributed by atoms with Gasteiger partial charge in [0.15, 0.2) is 6.29 Å². The number of halogens is 4. The Labute approximate surface area is 194 Å². The van der Waals surface area contributed by atoms with Crippen molar-refractivity contribution in [2.24, 2.45) is 0 Å². The highest BCUT2D eigenvalue weighted by molar-refractivity contribution is 5.80. The predicted octanol–water partition coefficient (Wildman–Crippen LogP) is 3.85. The number of nitrogens with one attached hydrogen (secondary N) is 2. The van der Waals surface area contributed by atoms with E-state index in [1.165, 1.54) is 12.1 Å². The maximum atomic E-state index is 14.7. The first-order chi connectivity index (χ1) is 16.1. The summed E-state index contributed by atoms with van der Waals surface area (Å²) in [6.07, 6.45) is 0.129. The van der Waals surface area contributed by atoms with Crippen molar-refractivity contribution in [1.82, 2.24) is 15.3 Å². The van der Waals surface area contributed by atoms with Crippen LogP contribution in [0.5, 0.6) is 0 Å². The van der Waals surface area contributed by atoms with Crippen LogP contribution in [0.1, 0.15) is 54.3 Å². The fourth-order valence-corrected chi connectivity index (χ4v) is 3.85. The summed E-state index contributed by atoms with van der Waals surface area (Å²) < 4.78 is 66.6. The standard InChI is InChI=1S/C23H26F4N4O3/c1-13-29-16(10-17(32)31-23(12-24)6-7-23)18(21-33-8-9-34-21)20(30-13)28-11-14-4-3-5-15(19(14)25)22(2,26)27/h3-5,21H,6-12H2,1-2H3,(H,31,32)(H,28,29,30). The van der Waals surface area contributed by atoms with Crippen molar-refractivity contribution in [3.05, 3.63) is 52.2 Å². The molecule has 0 atom stereocenters. The summed E-state index contributed by atoms with van der Waals surface area (Å²) >= 11 is 0. The van der Waals surface area contributed by atoms with Crippen molar-refractivity contribution >= 4 is 11.7 Å². The van der Waals surface area contributed by atoms with Crippen LogP contribution in [-0.2, 0) is 33.2 Å². The average Bonchev–Trinajstić information content (AvgIpc) is 3.32. The number of aromatic nitrogens is 2. The van der Waals surface area contributed by atoms with Crippen LogP contribution in [0.4, 0.5) is 23.4 Å². The number of carbonyl (C=O) groups excluding carboxylic acids is 1. The summed E-state index contributed by atoms with van der Waals surface area (Å²) in [5.74, 6) is -4.18. The Kier molecular flexibility index (Phi) is 6.77. The van der Waals surface area contributed by atoms with Gasteiger partial charge in [-0.2, -0.15) is 0 Å². The molecule has 0 radical (unpaired) electrons. The molecule has 1 saturated carbocycles. The Morgan fingerprint density at radius 2 is 1.94 bits per heavy atom. The number of carbonyl (C=O) groups is 1. The van der Waals surface area contributed by atoms with Gasteiger partial charge in [0.25, 0.3) is 5.92 Å². The molecule has 1 aromatic heterocycles. The molecule has 0 spiro atoms. The molecule has 34 heavy (non-hydrogen) atoms. The number of rotatable bonds is 9. The number of anilines is 1. The molecule has 1 aliphatic heterocycles. The summed E-state index contributed by atoms with van der Waals surface area (Å²) in [5, 5.41) is 5.68. The second-order valence-electron chi connectivity index (χ2n) is 8.71. The van der Waals surface area contributed by atoms with E-state index in [9.17, 15) is 22.4 Å². The van der Waals surface area contributed by atoms with Crippen LogP contribution in [0.3, 0.4) is 0 Å². The molecule has 7 nitrogen and oxygen atoms in total. The lowest BCUT2D eigenvalue weighted by atomic mass is 10.0. The molecule has 1 saturated heterocycles. The first kappa shape index (κ1) is 24.3. The van der Waals surface area contributed by atoms with Crippen LogP contribution in [0.25, 0.3) is 0 Å². The van der Waals surface area contributed by atoms with E-state index in [-0.39, 0.29) is 24.3 Å². The molecular formula is C23H26F4N4O3. The molecule has 0 bridgehead atoms.